The first-order valence-electron chi connectivity index (χ1n) is 6.65. The minimum absolute atomic E-state index is 0.156. The average Bonchev–Trinajstić information content (AvgIpc) is 2.97. The summed E-state index contributed by atoms with van der Waals surface area (Å²) < 4.78 is 1.47. The summed E-state index contributed by atoms with van der Waals surface area (Å²) in [6.07, 6.45) is 4.06. The lowest BCUT2D eigenvalue weighted by Gasteiger charge is -2.24. The fourth-order valence-electron chi connectivity index (χ4n) is 1.74. The van der Waals surface area contributed by atoms with Crippen molar-refractivity contribution in [3.05, 3.63) is 17.9 Å². The van der Waals surface area contributed by atoms with Crippen molar-refractivity contribution in [3.8, 4) is 5.95 Å². The van der Waals surface area contributed by atoms with Crippen molar-refractivity contribution >= 4 is 17.5 Å². The minimum atomic E-state index is 0.156. The number of hydrogen-bond acceptors (Lipinski definition) is 6. The van der Waals surface area contributed by atoms with Gasteiger partial charge in [0.2, 0.25) is 11.2 Å². The first-order chi connectivity index (χ1) is 9.63. The fourth-order valence-corrected chi connectivity index (χ4v) is 1.89. The van der Waals surface area contributed by atoms with Crippen LogP contribution in [0.15, 0.2) is 12.7 Å². The van der Waals surface area contributed by atoms with Crippen LogP contribution in [-0.2, 0) is 0 Å². The highest BCUT2D eigenvalue weighted by Gasteiger charge is 2.14. The van der Waals surface area contributed by atoms with E-state index in [4.69, 9.17) is 11.6 Å². The van der Waals surface area contributed by atoms with E-state index < -0.39 is 0 Å². The van der Waals surface area contributed by atoms with Gasteiger partial charge >= 0.3 is 0 Å². The van der Waals surface area contributed by atoms with E-state index >= 15 is 0 Å². The van der Waals surface area contributed by atoms with E-state index in [1.54, 1.807) is 0 Å². The molecule has 0 saturated carbocycles. The highest BCUT2D eigenvalue weighted by atomic mass is 35.5. The lowest BCUT2D eigenvalue weighted by molar-refractivity contribution is 0.541. The molecule has 0 aliphatic rings. The van der Waals surface area contributed by atoms with Crippen molar-refractivity contribution in [3.63, 3.8) is 0 Å². The Balaban J connectivity index is 2.31. The first kappa shape index (κ1) is 14.6. The van der Waals surface area contributed by atoms with Gasteiger partial charge in [0.15, 0.2) is 0 Å². The van der Waals surface area contributed by atoms with E-state index in [9.17, 15) is 0 Å². The molecule has 0 bridgehead atoms. The van der Waals surface area contributed by atoms with Crippen LogP contribution in [0, 0.1) is 5.92 Å². The molecule has 2 aromatic heterocycles. The molecule has 0 radical (unpaired) electrons. The van der Waals surface area contributed by atoms with Crippen LogP contribution in [0.5, 0.6) is 0 Å². The monoisotopic (exact) mass is 295 g/mol. The SMILES string of the molecule is CCC(C)CN(CC)c1nc(Cl)nc(-n2cncn2)n1. The van der Waals surface area contributed by atoms with E-state index in [1.165, 1.54) is 17.3 Å². The third-order valence-corrected chi connectivity index (χ3v) is 3.27. The van der Waals surface area contributed by atoms with Crippen molar-refractivity contribution in [2.45, 2.75) is 27.2 Å². The maximum Gasteiger partial charge on any atom is 0.258 e. The molecule has 1 unspecified atom stereocenters. The molecule has 2 rings (SSSR count). The van der Waals surface area contributed by atoms with Crippen molar-refractivity contribution in [1.82, 2.24) is 29.7 Å². The van der Waals surface area contributed by atoms with Gasteiger partial charge in [0.05, 0.1) is 0 Å². The molecule has 108 valence electrons. The second-order valence-corrected chi connectivity index (χ2v) is 4.93. The molecule has 0 amide bonds. The smallest absolute Gasteiger partial charge is 0.258 e. The van der Waals surface area contributed by atoms with Gasteiger partial charge in [-0.1, -0.05) is 20.3 Å². The van der Waals surface area contributed by atoms with Crippen LogP contribution in [-0.4, -0.2) is 42.8 Å². The normalized spacial score (nSPS) is 12.4. The third-order valence-electron chi connectivity index (χ3n) is 3.10. The van der Waals surface area contributed by atoms with Gasteiger partial charge in [-0.2, -0.15) is 24.7 Å². The van der Waals surface area contributed by atoms with Crippen LogP contribution in [0.25, 0.3) is 5.95 Å². The Hall–Kier alpha value is -1.76. The second kappa shape index (κ2) is 6.60. The van der Waals surface area contributed by atoms with Crippen molar-refractivity contribution in [1.29, 1.82) is 0 Å². The fraction of sp³-hybridized carbons (Fsp3) is 0.583. The summed E-state index contributed by atoms with van der Waals surface area (Å²) in [4.78, 5) is 18.7. The summed E-state index contributed by atoms with van der Waals surface area (Å²) in [6, 6.07) is 0. The molecule has 0 aliphatic carbocycles. The van der Waals surface area contributed by atoms with Crippen LogP contribution >= 0.6 is 11.6 Å². The molecular formula is C12H18ClN7. The van der Waals surface area contributed by atoms with Gasteiger partial charge in [-0.3, -0.25) is 0 Å². The van der Waals surface area contributed by atoms with Gasteiger partial charge in [-0.15, -0.1) is 0 Å². The third kappa shape index (κ3) is 3.41. The van der Waals surface area contributed by atoms with E-state index in [-0.39, 0.29) is 5.28 Å². The predicted octanol–water partition coefficient (Wildman–Crippen LogP) is 1.98. The molecule has 0 spiro atoms. The summed E-state index contributed by atoms with van der Waals surface area (Å²) in [5.41, 5.74) is 0. The largest absolute Gasteiger partial charge is 0.341 e. The molecule has 7 nitrogen and oxygen atoms in total. The highest BCUT2D eigenvalue weighted by Crippen LogP contribution is 2.15. The first-order valence-corrected chi connectivity index (χ1v) is 7.03. The van der Waals surface area contributed by atoms with Crippen LogP contribution in [0.1, 0.15) is 27.2 Å². The summed E-state index contributed by atoms with van der Waals surface area (Å²) in [6.45, 7) is 8.12. The molecule has 2 aromatic rings. The second-order valence-electron chi connectivity index (χ2n) is 4.60. The van der Waals surface area contributed by atoms with E-state index in [0.717, 1.165) is 19.5 Å². The Morgan fingerprint density at radius 1 is 1.30 bits per heavy atom. The maximum atomic E-state index is 5.99. The van der Waals surface area contributed by atoms with Gasteiger partial charge in [-0.25, -0.2) is 4.98 Å². The summed E-state index contributed by atoms with van der Waals surface area (Å²) in [7, 11) is 0. The average molecular weight is 296 g/mol. The predicted molar refractivity (Wildman–Crippen MR) is 77.1 cm³/mol. The van der Waals surface area contributed by atoms with Crippen molar-refractivity contribution in [2.24, 2.45) is 5.92 Å². The van der Waals surface area contributed by atoms with Crippen molar-refractivity contribution < 1.29 is 0 Å². The van der Waals surface area contributed by atoms with E-state index in [2.05, 4.69) is 50.7 Å². The van der Waals surface area contributed by atoms with Gasteiger partial charge in [0, 0.05) is 13.1 Å². The number of hydrogen-bond donors (Lipinski definition) is 0. The molecule has 20 heavy (non-hydrogen) atoms. The molecule has 8 heteroatoms. The summed E-state index contributed by atoms with van der Waals surface area (Å²) in [5, 5.41) is 4.16. The topological polar surface area (TPSA) is 72.6 Å². The quantitative estimate of drug-likeness (QED) is 0.811. The zero-order chi connectivity index (χ0) is 14.5. The van der Waals surface area contributed by atoms with Gasteiger partial charge in [0.25, 0.3) is 5.95 Å². The molecule has 0 aromatic carbocycles. The van der Waals surface area contributed by atoms with Gasteiger partial charge in [0.1, 0.15) is 12.7 Å². The molecule has 1 atom stereocenters. The standard InChI is InChI=1S/C12H18ClN7/c1-4-9(3)6-19(5-2)11-16-10(13)17-12(18-11)20-8-14-7-15-20/h7-9H,4-6H2,1-3H3. The number of rotatable bonds is 6. The molecule has 2 heterocycles. The lowest BCUT2D eigenvalue weighted by Crippen LogP contribution is -2.30. The van der Waals surface area contributed by atoms with E-state index in [1.807, 2.05) is 0 Å². The molecule has 0 N–H and O–H groups in total. The van der Waals surface area contributed by atoms with Gasteiger partial charge < -0.3 is 4.90 Å². The summed E-state index contributed by atoms with van der Waals surface area (Å²) in [5.74, 6) is 1.50. The number of aromatic nitrogens is 6. The Morgan fingerprint density at radius 3 is 2.70 bits per heavy atom. The Labute approximate surface area is 123 Å². The highest BCUT2D eigenvalue weighted by molar-refractivity contribution is 6.28. The zero-order valence-electron chi connectivity index (χ0n) is 11.9. The Morgan fingerprint density at radius 2 is 2.10 bits per heavy atom. The van der Waals surface area contributed by atoms with Crippen LogP contribution in [0.2, 0.25) is 5.28 Å². The maximum absolute atomic E-state index is 5.99. The van der Waals surface area contributed by atoms with Crippen LogP contribution in [0.4, 0.5) is 5.95 Å². The molecule has 0 aliphatic heterocycles. The van der Waals surface area contributed by atoms with E-state index in [0.29, 0.717) is 17.8 Å². The lowest BCUT2D eigenvalue weighted by atomic mass is 10.1. The van der Waals surface area contributed by atoms with Gasteiger partial charge in [-0.05, 0) is 24.4 Å². The Kier molecular flexibility index (Phi) is 4.84. The molecule has 0 saturated heterocycles. The molecular weight excluding hydrogens is 278 g/mol. The van der Waals surface area contributed by atoms with Crippen LogP contribution < -0.4 is 4.90 Å². The number of anilines is 1. The number of nitrogens with zero attached hydrogens (tertiary/aromatic N) is 7. The minimum Gasteiger partial charge on any atom is -0.341 e. The van der Waals surface area contributed by atoms with Crippen LogP contribution in [0.3, 0.4) is 0 Å². The summed E-state index contributed by atoms with van der Waals surface area (Å²) >= 11 is 5.99. The number of halogens is 1. The Bertz CT molecular complexity index is 543. The van der Waals surface area contributed by atoms with Crippen molar-refractivity contribution in [2.75, 3.05) is 18.0 Å². The molecule has 0 fully saturated rings. The zero-order valence-corrected chi connectivity index (χ0v) is 12.6.